The molecule has 1 aliphatic carbocycles. The van der Waals surface area contributed by atoms with Gasteiger partial charge in [-0.3, -0.25) is 39.0 Å². The number of aryl methyl sites for hydroxylation is 1. The maximum atomic E-state index is 15.5. The molecule has 7 rings (SSSR count). The van der Waals surface area contributed by atoms with Crippen molar-refractivity contribution < 1.29 is 28.4 Å². The number of nitrogens with zero attached hydrogens (tertiary/aromatic N) is 6. The Morgan fingerprint density at radius 1 is 1.02 bits per heavy atom. The van der Waals surface area contributed by atoms with E-state index >= 15 is 4.39 Å². The fourth-order valence-electron chi connectivity index (χ4n) is 7.77. The largest absolute Gasteiger partial charge is 0.379 e. The van der Waals surface area contributed by atoms with Gasteiger partial charge in [0.1, 0.15) is 16.3 Å². The number of likely N-dealkylation sites (tertiary alicyclic amines) is 2. The topological polar surface area (TPSA) is 157 Å². The van der Waals surface area contributed by atoms with Crippen LogP contribution in [-0.4, -0.2) is 117 Å². The molecule has 4 saturated heterocycles. The number of allylic oxidation sites excluding steroid dienone is 2. The van der Waals surface area contributed by atoms with Crippen LogP contribution in [0.25, 0.3) is 0 Å². The number of carbonyl (C=O) groups excluding carboxylic acids is 5. The van der Waals surface area contributed by atoms with Gasteiger partial charge in [-0.15, -0.1) is 0 Å². The summed E-state index contributed by atoms with van der Waals surface area (Å²) in [7, 11) is 3.66. The van der Waals surface area contributed by atoms with Gasteiger partial charge in [0.05, 0.1) is 23.5 Å². The van der Waals surface area contributed by atoms with Crippen LogP contribution in [0.5, 0.6) is 0 Å². The zero-order valence-electron chi connectivity index (χ0n) is 28.2. The van der Waals surface area contributed by atoms with E-state index in [1.54, 1.807) is 23.0 Å². The number of hydrogen-bond acceptors (Lipinski definition) is 10. The number of amides is 5. The van der Waals surface area contributed by atoms with E-state index < -0.39 is 41.4 Å². The standard InChI is InChI=1S/C35H38BrFN8O6/c1-41-17-21(13-22(18-41)39-26-16-38-42(2)35(51)30(26)36)19-3-5-20(6-4-19)32(48)44-11-9-43(10-12-44)28-15-24-23(14-25(28)37)33(49)45(34(24)50)27-7-8-29(46)40-31(27)47/h3-6,15-16,21-23,27,39H,7-14,17-18H2,1-2H3,(H,40,46,47)/t21-,22+,23?,27?/m0/s1. The van der Waals surface area contributed by atoms with Crippen molar-refractivity contribution in [3.63, 3.8) is 0 Å². The van der Waals surface area contributed by atoms with E-state index in [9.17, 15) is 28.8 Å². The molecule has 0 spiro atoms. The predicted octanol–water partition coefficient (Wildman–Crippen LogP) is 1.50. The minimum absolute atomic E-state index is 0.00922. The Bertz CT molecular complexity index is 1940. The molecule has 5 amide bonds. The summed E-state index contributed by atoms with van der Waals surface area (Å²) in [5.41, 5.74) is 2.46. The van der Waals surface area contributed by atoms with Crippen molar-refractivity contribution in [1.29, 1.82) is 0 Å². The number of rotatable bonds is 6. The highest BCUT2D eigenvalue weighted by Crippen LogP contribution is 2.40. The molecule has 14 nitrogen and oxygen atoms in total. The Kier molecular flexibility index (Phi) is 9.39. The van der Waals surface area contributed by atoms with E-state index in [0.29, 0.717) is 41.9 Å². The van der Waals surface area contributed by atoms with Crippen molar-refractivity contribution in [3.05, 3.63) is 79.6 Å². The summed E-state index contributed by atoms with van der Waals surface area (Å²) in [4.78, 5) is 82.9. The third kappa shape index (κ3) is 6.62. The van der Waals surface area contributed by atoms with E-state index in [1.165, 1.54) is 10.8 Å². The minimum atomic E-state index is -1.10. The summed E-state index contributed by atoms with van der Waals surface area (Å²) >= 11 is 3.39. The van der Waals surface area contributed by atoms with Crippen LogP contribution < -0.4 is 16.2 Å². The summed E-state index contributed by atoms with van der Waals surface area (Å²) in [5.74, 6) is -3.88. The smallest absolute Gasteiger partial charge is 0.282 e. The van der Waals surface area contributed by atoms with Crippen molar-refractivity contribution in [2.45, 2.75) is 43.7 Å². The van der Waals surface area contributed by atoms with Crippen molar-refractivity contribution in [2.24, 2.45) is 13.0 Å². The van der Waals surface area contributed by atoms with Crippen LogP contribution in [0.4, 0.5) is 10.1 Å². The summed E-state index contributed by atoms with van der Waals surface area (Å²) < 4.78 is 17.2. The molecule has 2 aromatic rings. The van der Waals surface area contributed by atoms with E-state index in [-0.39, 0.29) is 54.0 Å². The molecule has 2 unspecified atom stereocenters. The van der Waals surface area contributed by atoms with Gasteiger partial charge in [0.2, 0.25) is 17.7 Å². The number of aromatic nitrogens is 2. The van der Waals surface area contributed by atoms with Crippen LogP contribution in [0.15, 0.2) is 62.9 Å². The summed E-state index contributed by atoms with van der Waals surface area (Å²) in [5, 5.41) is 9.77. The molecule has 51 heavy (non-hydrogen) atoms. The Balaban J connectivity index is 0.964. The quantitative estimate of drug-likeness (QED) is 0.414. The molecule has 268 valence electrons. The first kappa shape index (κ1) is 34.7. The van der Waals surface area contributed by atoms with Crippen molar-refractivity contribution in [3.8, 4) is 0 Å². The van der Waals surface area contributed by atoms with Crippen LogP contribution in [0.3, 0.4) is 0 Å². The second-order valence-corrected chi connectivity index (χ2v) is 14.6. The maximum absolute atomic E-state index is 15.5. The third-order valence-corrected chi connectivity index (χ3v) is 11.2. The Hall–Kier alpha value is -4.70. The number of carbonyl (C=O) groups is 5. The molecule has 16 heteroatoms. The zero-order valence-corrected chi connectivity index (χ0v) is 29.8. The van der Waals surface area contributed by atoms with Gasteiger partial charge < -0.3 is 20.0 Å². The Morgan fingerprint density at radius 2 is 1.75 bits per heavy atom. The first-order chi connectivity index (χ1) is 24.4. The van der Waals surface area contributed by atoms with Crippen LogP contribution in [0.2, 0.25) is 0 Å². The van der Waals surface area contributed by atoms with Crippen LogP contribution >= 0.6 is 15.9 Å². The molecule has 0 saturated carbocycles. The third-order valence-electron chi connectivity index (χ3n) is 10.5. The number of piperazine rings is 1. The van der Waals surface area contributed by atoms with Gasteiger partial charge >= 0.3 is 0 Å². The highest BCUT2D eigenvalue weighted by atomic mass is 79.9. The minimum Gasteiger partial charge on any atom is -0.379 e. The molecule has 5 heterocycles. The molecule has 4 aliphatic heterocycles. The summed E-state index contributed by atoms with van der Waals surface area (Å²) in [6.45, 7) is 3.00. The molecule has 4 fully saturated rings. The van der Waals surface area contributed by atoms with Crippen LogP contribution in [-0.2, 0) is 26.2 Å². The van der Waals surface area contributed by atoms with Crippen LogP contribution in [0, 0.1) is 5.92 Å². The van der Waals surface area contributed by atoms with Gasteiger partial charge in [-0.25, -0.2) is 9.07 Å². The number of benzene rings is 1. The van der Waals surface area contributed by atoms with Crippen molar-refractivity contribution >= 4 is 51.2 Å². The summed E-state index contributed by atoms with van der Waals surface area (Å²) in [6, 6.07) is 6.64. The van der Waals surface area contributed by atoms with Crippen molar-refractivity contribution in [1.82, 2.24) is 34.7 Å². The van der Waals surface area contributed by atoms with Gasteiger partial charge in [0, 0.05) is 76.3 Å². The first-order valence-electron chi connectivity index (χ1n) is 17.0. The second kappa shape index (κ2) is 13.8. The lowest BCUT2D eigenvalue weighted by molar-refractivity contribution is -0.150. The number of fused-ring (bicyclic) bond motifs is 1. The number of halogens is 2. The van der Waals surface area contributed by atoms with Gasteiger partial charge in [-0.2, -0.15) is 5.10 Å². The summed E-state index contributed by atoms with van der Waals surface area (Å²) in [6.07, 6.45) is 3.65. The number of piperidine rings is 2. The lowest BCUT2D eigenvalue weighted by Gasteiger charge is -2.38. The van der Waals surface area contributed by atoms with E-state index in [1.807, 2.05) is 24.3 Å². The predicted molar refractivity (Wildman–Crippen MR) is 186 cm³/mol. The van der Waals surface area contributed by atoms with Crippen molar-refractivity contribution in [2.75, 3.05) is 51.6 Å². The SMILES string of the molecule is CN1C[C@H](Nc2cnn(C)c(=O)c2Br)C[C@H](c2ccc(C(=O)N3CCN(C4=C(F)CC5C(=O)N(C6CCC(=O)NC6=O)C(=O)C5=C4)CC3)cc2)C1. The molecule has 1 aromatic carbocycles. The van der Waals surface area contributed by atoms with Gasteiger partial charge in [-0.05, 0) is 65.5 Å². The number of nitrogens with one attached hydrogen (secondary N) is 2. The number of hydrogen-bond donors (Lipinski definition) is 2. The fourth-order valence-corrected chi connectivity index (χ4v) is 8.25. The average Bonchev–Trinajstić information content (AvgIpc) is 3.35. The molecular weight excluding hydrogens is 727 g/mol. The molecule has 0 bridgehead atoms. The number of anilines is 1. The maximum Gasteiger partial charge on any atom is 0.282 e. The lowest BCUT2D eigenvalue weighted by Crippen LogP contribution is -2.54. The monoisotopic (exact) mass is 764 g/mol. The van der Waals surface area contributed by atoms with Gasteiger partial charge in [0.25, 0.3) is 17.4 Å². The molecular formula is C35H38BrFN8O6. The Morgan fingerprint density at radius 3 is 2.45 bits per heavy atom. The highest BCUT2D eigenvalue weighted by molar-refractivity contribution is 9.10. The van der Waals surface area contributed by atoms with E-state index in [0.717, 1.165) is 30.0 Å². The number of imide groups is 2. The first-order valence-corrected chi connectivity index (χ1v) is 17.8. The number of likely N-dealkylation sites (N-methyl/N-ethyl adjacent to an activating group) is 1. The zero-order chi connectivity index (χ0) is 36.1. The normalized spacial score (nSPS) is 26.0. The highest BCUT2D eigenvalue weighted by Gasteiger charge is 2.51. The fraction of sp³-hybridized carbons (Fsp3) is 0.457. The molecule has 2 N–H and O–H groups in total. The van der Waals surface area contributed by atoms with Gasteiger partial charge in [0.15, 0.2) is 0 Å². The Labute approximate surface area is 301 Å². The second-order valence-electron chi connectivity index (χ2n) is 13.8. The van der Waals surface area contributed by atoms with Crippen LogP contribution in [0.1, 0.15) is 47.5 Å². The molecule has 5 aliphatic rings. The molecule has 4 atom stereocenters. The van der Waals surface area contributed by atoms with Gasteiger partial charge in [-0.1, -0.05) is 12.1 Å². The lowest BCUT2D eigenvalue weighted by atomic mass is 9.87. The van der Waals surface area contributed by atoms with E-state index in [4.69, 9.17) is 0 Å². The molecule has 1 aromatic heterocycles. The molecule has 0 radical (unpaired) electrons. The van der Waals surface area contributed by atoms with E-state index in [2.05, 4.69) is 43.6 Å². The average molecular weight is 766 g/mol.